The Hall–Kier alpha value is -3.52. The minimum atomic E-state index is -0.376. The van der Waals surface area contributed by atoms with Crippen LogP contribution in [0.15, 0.2) is 40.9 Å². The van der Waals surface area contributed by atoms with Gasteiger partial charge in [-0.25, -0.2) is 0 Å². The quantitative estimate of drug-likeness (QED) is 0.639. The molecule has 0 aliphatic carbocycles. The van der Waals surface area contributed by atoms with Gasteiger partial charge >= 0.3 is 0 Å². The first-order valence-electron chi connectivity index (χ1n) is 9.51. The van der Waals surface area contributed by atoms with Crippen LogP contribution in [0.5, 0.6) is 11.5 Å². The first kappa shape index (κ1) is 20.7. The molecule has 8 nitrogen and oxygen atoms in total. The van der Waals surface area contributed by atoms with Crippen molar-refractivity contribution in [3.8, 4) is 11.5 Å². The van der Waals surface area contributed by atoms with Crippen LogP contribution >= 0.6 is 11.6 Å². The van der Waals surface area contributed by atoms with Crippen LogP contribution < -0.4 is 19.7 Å². The molecule has 0 spiro atoms. The topological polar surface area (TPSA) is 93.9 Å². The molecule has 1 aliphatic heterocycles. The standard InChI is InChI=1S/C22H20ClN3O5/c1-12-21(13(2)31-25-12)22(28)24-16-8-19-17(9-18(16)29-3)26(20(27)11-30-19)10-14-4-6-15(23)7-5-14/h4-9H,10-11H2,1-3H3,(H,24,28). The Labute approximate surface area is 183 Å². The monoisotopic (exact) mass is 441 g/mol. The third-order valence-corrected chi connectivity index (χ3v) is 5.24. The van der Waals surface area contributed by atoms with Crippen LogP contribution in [0.25, 0.3) is 0 Å². The maximum absolute atomic E-state index is 12.8. The minimum Gasteiger partial charge on any atom is -0.494 e. The Morgan fingerprint density at radius 2 is 2.00 bits per heavy atom. The van der Waals surface area contributed by atoms with Gasteiger partial charge < -0.3 is 24.2 Å². The van der Waals surface area contributed by atoms with Crippen molar-refractivity contribution in [2.75, 3.05) is 23.9 Å². The van der Waals surface area contributed by atoms with Crippen LogP contribution in [0.4, 0.5) is 11.4 Å². The van der Waals surface area contributed by atoms with Gasteiger partial charge in [0.1, 0.15) is 22.8 Å². The number of ether oxygens (including phenoxy) is 2. The number of nitrogens with zero attached hydrogens (tertiary/aromatic N) is 2. The summed E-state index contributed by atoms with van der Waals surface area (Å²) in [5, 5.41) is 7.25. The van der Waals surface area contributed by atoms with Gasteiger partial charge in [-0.1, -0.05) is 28.9 Å². The summed E-state index contributed by atoms with van der Waals surface area (Å²) in [6, 6.07) is 10.6. The van der Waals surface area contributed by atoms with Crippen molar-refractivity contribution < 1.29 is 23.6 Å². The number of rotatable bonds is 5. The molecule has 9 heteroatoms. The lowest BCUT2D eigenvalue weighted by atomic mass is 10.1. The fourth-order valence-electron chi connectivity index (χ4n) is 3.43. The molecule has 1 aliphatic rings. The Morgan fingerprint density at radius 1 is 1.26 bits per heavy atom. The zero-order valence-electron chi connectivity index (χ0n) is 17.2. The maximum Gasteiger partial charge on any atom is 0.265 e. The van der Waals surface area contributed by atoms with Crippen LogP contribution in [0.2, 0.25) is 5.02 Å². The molecule has 0 bridgehead atoms. The number of amides is 2. The molecule has 2 amide bonds. The van der Waals surface area contributed by atoms with Gasteiger partial charge in [-0.05, 0) is 31.5 Å². The third kappa shape index (κ3) is 4.06. The number of carbonyl (C=O) groups excluding carboxylic acids is 2. The average Bonchev–Trinajstić information content (AvgIpc) is 3.09. The van der Waals surface area contributed by atoms with Crippen LogP contribution in [-0.4, -0.2) is 30.7 Å². The normalized spacial score (nSPS) is 12.9. The van der Waals surface area contributed by atoms with E-state index in [0.717, 1.165) is 5.56 Å². The van der Waals surface area contributed by atoms with Gasteiger partial charge in [0.25, 0.3) is 11.8 Å². The van der Waals surface area contributed by atoms with Gasteiger partial charge in [0.15, 0.2) is 6.61 Å². The lowest BCUT2D eigenvalue weighted by molar-refractivity contribution is -0.121. The van der Waals surface area contributed by atoms with E-state index in [4.69, 9.17) is 25.6 Å². The van der Waals surface area contributed by atoms with E-state index in [2.05, 4.69) is 10.5 Å². The summed E-state index contributed by atoms with van der Waals surface area (Å²) >= 11 is 5.96. The lowest BCUT2D eigenvalue weighted by Crippen LogP contribution is -2.38. The lowest BCUT2D eigenvalue weighted by Gasteiger charge is -2.30. The van der Waals surface area contributed by atoms with Gasteiger partial charge in [0.2, 0.25) is 0 Å². The molecule has 160 valence electrons. The van der Waals surface area contributed by atoms with E-state index in [0.29, 0.717) is 51.5 Å². The summed E-state index contributed by atoms with van der Waals surface area (Å²) < 4.78 is 16.2. The molecule has 0 atom stereocenters. The largest absolute Gasteiger partial charge is 0.494 e. The van der Waals surface area contributed by atoms with Gasteiger partial charge in [0, 0.05) is 17.2 Å². The second kappa shape index (κ2) is 8.31. The van der Waals surface area contributed by atoms with Crippen LogP contribution in [0, 0.1) is 13.8 Å². The van der Waals surface area contributed by atoms with E-state index in [-0.39, 0.29) is 18.4 Å². The molecule has 3 aromatic rings. The maximum atomic E-state index is 12.8. The fraction of sp³-hybridized carbons (Fsp3) is 0.227. The molecule has 0 unspecified atom stereocenters. The summed E-state index contributed by atoms with van der Waals surface area (Å²) in [6.07, 6.45) is 0. The molecule has 1 N–H and O–H groups in total. The van der Waals surface area contributed by atoms with E-state index < -0.39 is 0 Å². The number of aryl methyl sites for hydroxylation is 2. The molecule has 0 saturated carbocycles. The van der Waals surface area contributed by atoms with Gasteiger partial charge in [-0.15, -0.1) is 0 Å². The first-order valence-corrected chi connectivity index (χ1v) is 9.89. The molecule has 2 heterocycles. The second-order valence-corrected chi connectivity index (χ2v) is 7.50. The van der Waals surface area contributed by atoms with Crippen LogP contribution in [0.3, 0.4) is 0 Å². The molecule has 4 rings (SSSR count). The number of fused-ring (bicyclic) bond motifs is 1. The molecule has 0 saturated heterocycles. The van der Waals surface area contributed by atoms with Gasteiger partial charge in [0.05, 0.1) is 30.7 Å². The number of hydrogen-bond donors (Lipinski definition) is 1. The number of anilines is 2. The number of carbonyl (C=O) groups is 2. The van der Waals surface area contributed by atoms with Crippen molar-refractivity contribution in [3.05, 3.63) is 64.0 Å². The molecule has 0 radical (unpaired) electrons. The highest BCUT2D eigenvalue weighted by atomic mass is 35.5. The van der Waals surface area contributed by atoms with E-state index >= 15 is 0 Å². The van der Waals surface area contributed by atoms with E-state index in [1.165, 1.54) is 7.11 Å². The van der Waals surface area contributed by atoms with Crippen molar-refractivity contribution >= 4 is 34.8 Å². The molecule has 0 fully saturated rings. The number of methoxy groups -OCH3 is 1. The third-order valence-electron chi connectivity index (χ3n) is 4.99. The molecular formula is C22H20ClN3O5. The summed E-state index contributed by atoms with van der Waals surface area (Å²) in [5.74, 6) is 0.709. The van der Waals surface area contributed by atoms with Crippen molar-refractivity contribution in [2.24, 2.45) is 0 Å². The number of aromatic nitrogens is 1. The Bertz CT molecular complexity index is 1140. The second-order valence-electron chi connectivity index (χ2n) is 7.07. The molecular weight excluding hydrogens is 422 g/mol. The Balaban J connectivity index is 1.66. The molecule has 31 heavy (non-hydrogen) atoms. The summed E-state index contributed by atoms with van der Waals surface area (Å²) in [4.78, 5) is 26.9. The van der Waals surface area contributed by atoms with Crippen molar-refractivity contribution in [3.63, 3.8) is 0 Å². The fourth-order valence-corrected chi connectivity index (χ4v) is 3.56. The van der Waals surface area contributed by atoms with E-state index in [1.807, 2.05) is 12.1 Å². The predicted molar refractivity (Wildman–Crippen MR) is 115 cm³/mol. The Morgan fingerprint density at radius 3 is 2.65 bits per heavy atom. The summed E-state index contributed by atoms with van der Waals surface area (Å²) in [5.41, 5.74) is 2.73. The molecule has 1 aromatic heterocycles. The average molecular weight is 442 g/mol. The number of halogens is 1. The SMILES string of the molecule is COc1cc2c(cc1NC(=O)c1c(C)noc1C)OCC(=O)N2Cc1ccc(Cl)cc1. The van der Waals surface area contributed by atoms with E-state index in [9.17, 15) is 9.59 Å². The number of nitrogens with one attached hydrogen (secondary N) is 1. The predicted octanol–water partition coefficient (Wildman–Crippen LogP) is 4.13. The summed E-state index contributed by atoms with van der Waals surface area (Å²) in [7, 11) is 1.49. The number of benzene rings is 2. The molecule has 2 aromatic carbocycles. The van der Waals surface area contributed by atoms with Crippen LogP contribution in [-0.2, 0) is 11.3 Å². The highest BCUT2D eigenvalue weighted by Gasteiger charge is 2.28. The minimum absolute atomic E-state index is 0.107. The van der Waals surface area contributed by atoms with Crippen molar-refractivity contribution in [1.29, 1.82) is 0 Å². The highest BCUT2D eigenvalue weighted by molar-refractivity contribution is 6.30. The smallest absolute Gasteiger partial charge is 0.265 e. The van der Waals surface area contributed by atoms with E-state index in [1.54, 1.807) is 43.0 Å². The zero-order chi connectivity index (χ0) is 22.1. The van der Waals surface area contributed by atoms with Crippen molar-refractivity contribution in [2.45, 2.75) is 20.4 Å². The highest BCUT2D eigenvalue weighted by Crippen LogP contribution is 2.41. The van der Waals surface area contributed by atoms with Gasteiger partial charge in [-0.2, -0.15) is 0 Å². The first-order chi connectivity index (χ1) is 14.9. The zero-order valence-corrected chi connectivity index (χ0v) is 17.9. The number of hydrogen-bond acceptors (Lipinski definition) is 6. The Kier molecular flexibility index (Phi) is 5.56. The van der Waals surface area contributed by atoms with Gasteiger partial charge in [-0.3, -0.25) is 9.59 Å². The van der Waals surface area contributed by atoms with Crippen molar-refractivity contribution in [1.82, 2.24) is 5.16 Å². The summed E-state index contributed by atoms with van der Waals surface area (Å²) in [6.45, 7) is 3.60. The van der Waals surface area contributed by atoms with Crippen LogP contribution in [0.1, 0.15) is 27.4 Å².